The number of furan rings is 1. The molecule has 0 aliphatic rings. The minimum absolute atomic E-state index is 0.555. The van der Waals surface area contributed by atoms with Crippen LogP contribution in [0.2, 0.25) is 0 Å². The molecular weight excluding hydrogens is 243 g/mol. The van der Waals surface area contributed by atoms with Gasteiger partial charge in [0.2, 0.25) is 5.76 Å². The van der Waals surface area contributed by atoms with Crippen LogP contribution in [0.3, 0.4) is 0 Å². The SMILES string of the molecule is CN(CC(=O)O)C(=O)c1ccc(C(F)(F)F)o1. The molecule has 0 aromatic carbocycles. The third-order valence-corrected chi connectivity index (χ3v) is 1.82. The van der Waals surface area contributed by atoms with Crippen molar-refractivity contribution < 1.29 is 32.3 Å². The molecule has 0 saturated heterocycles. The van der Waals surface area contributed by atoms with Crippen molar-refractivity contribution in [3.63, 3.8) is 0 Å². The van der Waals surface area contributed by atoms with Gasteiger partial charge in [-0.15, -0.1) is 0 Å². The Labute approximate surface area is 93.4 Å². The third-order valence-electron chi connectivity index (χ3n) is 1.82. The van der Waals surface area contributed by atoms with Crippen molar-refractivity contribution in [2.75, 3.05) is 13.6 Å². The monoisotopic (exact) mass is 251 g/mol. The predicted octanol–water partition coefficient (Wildman–Crippen LogP) is 1.46. The Balaban J connectivity index is 2.84. The molecule has 0 fully saturated rings. The number of hydrogen-bond donors (Lipinski definition) is 1. The lowest BCUT2D eigenvalue weighted by Gasteiger charge is -2.12. The Morgan fingerprint density at radius 1 is 1.41 bits per heavy atom. The molecule has 8 heteroatoms. The van der Waals surface area contributed by atoms with Crippen molar-refractivity contribution in [3.8, 4) is 0 Å². The second-order valence-electron chi connectivity index (χ2n) is 3.22. The molecule has 1 amide bonds. The fraction of sp³-hybridized carbons (Fsp3) is 0.333. The van der Waals surface area contributed by atoms with Crippen molar-refractivity contribution in [1.82, 2.24) is 4.90 Å². The van der Waals surface area contributed by atoms with Crippen LogP contribution in [0.15, 0.2) is 16.5 Å². The number of hydrogen-bond acceptors (Lipinski definition) is 3. The molecule has 0 spiro atoms. The molecule has 1 aromatic rings. The fourth-order valence-electron chi connectivity index (χ4n) is 1.07. The summed E-state index contributed by atoms with van der Waals surface area (Å²) in [5.41, 5.74) is 0. The largest absolute Gasteiger partial charge is 0.480 e. The van der Waals surface area contributed by atoms with E-state index in [1.165, 1.54) is 0 Å². The number of carboxylic acids is 1. The fourth-order valence-corrected chi connectivity index (χ4v) is 1.07. The maximum Gasteiger partial charge on any atom is 0.449 e. The molecule has 0 atom stereocenters. The van der Waals surface area contributed by atoms with Crippen LogP contribution in [0.4, 0.5) is 13.2 Å². The van der Waals surface area contributed by atoms with E-state index in [0.29, 0.717) is 6.07 Å². The van der Waals surface area contributed by atoms with Crippen LogP contribution < -0.4 is 0 Å². The van der Waals surface area contributed by atoms with Crippen LogP contribution in [-0.4, -0.2) is 35.5 Å². The molecule has 1 aromatic heterocycles. The van der Waals surface area contributed by atoms with E-state index < -0.39 is 36.1 Å². The zero-order chi connectivity index (χ0) is 13.2. The van der Waals surface area contributed by atoms with Gasteiger partial charge < -0.3 is 14.4 Å². The number of nitrogens with zero attached hydrogens (tertiary/aromatic N) is 1. The van der Waals surface area contributed by atoms with Gasteiger partial charge in [-0.1, -0.05) is 0 Å². The predicted molar refractivity (Wildman–Crippen MR) is 48.3 cm³/mol. The first kappa shape index (κ1) is 13.1. The first-order valence-electron chi connectivity index (χ1n) is 4.36. The van der Waals surface area contributed by atoms with Crippen molar-refractivity contribution in [2.24, 2.45) is 0 Å². The van der Waals surface area contributed by atoms with Gasteiger partial charge in [-0.3, -0.25) is 9.59 Å². The number of carbonyl (C=O) groups is 2. The van der Waals surface area contributed by atoms with E-state index in [0.717, 1.165) is 18.0 Å². The number of aliphatic carboxylic acids is 1. The van der Waals surface area contributed by atoms with Gasteiger partial charge in [0.25, 0.3) is 5.91 Å². The number of halogens is 3. The highest BCUT2D eigenvalue weighted by Gasteiger charge is 2.35. The summed E-state index contributed by atoms with van der Waals surface area (Å²) < 4.78 is 40.8. The van der Waals surface area contributed by atoms with Crippen LogP contribution in [0.5, 0.6) is 0 Å². The Kier molecular flexibility index (Phi) is 3.45. The van der Waals surface area contributed by atoms with Crippen LogP contribution in [0.25, 0.3) is 0 Å². The van der Waals surface area contributed by atoms with Gasteiger partial charge in [0.05, 0.1) is 0 Å². The highest BCUT2D eigenvalue weighted by molar-refractivity contribution is 5.93. The molecule has 0 aliphatic heterocycles. The van der Waals surface area contributed by atoms with Crippen molar-refractivity contribution in [2.45, 2.75) is 6.18 Å². The zero-order valence-corrected chi connectivity index (χ0v) is 8.61. The summed E-state index contributed by atoms with van der Waals surface area (Å²) in [7, 11) is 1.15. The lowest BCUT2D eigenvalue weighted by atomic mass is 10.4. The number of alkyl halides is 3. The lowest BCUT2D eigenvalue weighted by molar-refractivity contribution is -0.153. The van der Waals surface area contributed by atoms with Crippen LogP contribution in [-0.2, 0) is 11.0 Å². The van der Waals surface area contributed by atoms with Gasteiger partial charge in [0.1, 0.15) is 6.54 Å². The second-order valence-corrected chi connectivity index (χ2v) is 3.22. The van der Waals surface area contributed by atoms with Gasteiger partial charge in [-0.2, -0.15) is 13.2 Å². The maximum atomic E-state index is 12.2. The molecule has 0 bridgehead atoms. The molecule has 0 radical (unpaired) electrons. The lowest BCUT2D eigenvalue weighted by Crippen LogP contribution is -2.31. The normalized spacial score (nSPS) is 11.3. The van der Waals surface area contributed by atoms with Gasteiger partial charge in [-0.05, 0) is 12.1 Å². The Morgan fingerprint density at radius 2 is 2.00 bits per heavy atom. The average molecular weight is 251 g/mol. The van der Waals surface area contributed by atoms with Gasteiger partial charge >= 0.3 is 12.1 Å². The summed E-state index contributed by atoms with van der Waals surface area (Å²) >= 11 is 0. The van der Waals surface area contributed by atoms with Crippen LogP contribution in [0.1, 0.15) is 16.3 Å². The maximum absolute atomic E-state index is 12.2. The van der Waals surface area contributed by atoms with E-state index in [1.807, 2.05) is 0 Å². The minimum atomic E-state index is -4.68. The highest BCUT2D eigenvalue weighted by atomic mass is 19.4. The van der Waals surface area contributed by atoms with E-state index in [4.69, 9.17) is 5.11 Å². The molecule has 17 heavy (non-hydrogen) atoms. The summed E-state index contributed by atoms with van der Waals surface area (Å²) in [4.78, 5) is 22.5. The Hall–Kier alpha value is -1.99. The first-order chi connectivity index (χ1) is 7.71. The van der Waals surface area contributed by atoms with Crippen molar-refractivity contribution in [3.05, 3.63) is 23.7 Å². The first-order valence-corrected chi connectivity index (χ1v) is 4.36. The van der Waals surface area contributed by atoms with E-state index in [2.05, 4.69) is 4.42 Å². The average Bonchev–Trinajstić information content (AvgIpc) is 2.63. The highest BCUT2D eigenvalue weighted by Crippen LogP contribution is 2.30. The molecule has 5 nitrogen and oxygen atoms in total. The summed E-state index contributed by atoms with van der Waals surface area (Å²) in [6, 6.07) is 1.46. The molecule has 1 heterocycles. The number of rotatable bonds is 3. The van der Waals surface area contributed by atoms with E-state index in [9.17, 15) is 22.8 Å². The number of carboxylic acid groups (broad SMARTS) is 1. The third kappa shape index (κ3) is 3.23. The van der Waals surface area contributed by atoms with Crippen LogP contribution >= 0.6 is 0 Å². The Bertz CT molecular complexity index is 438. The summed E-state index contributed by atoms with van der Waals surface area (Å²) in [6.45, 7) is -0.624. The number of carbonyl (C=O) groups excluding carboxylic acids is 1. The van der Waals surface area contributed by atoms with Crippen LogP contribution in [0, 0.1) is 0 Å². The minimum Gasteiger partial charge on any atom is -0.480 e. The molecule has 94 valence electrons. The topological polar surface area (TPSA) is 70.8 Å². The van der Waals surface area contributed by atoms with E-state index >= 15 is 0 Å². The number of amides is 1. The van der Waals surface area contributed by atoms with Gasteiger partial charge in [0, 0.05) is 7.05 Å². The number of likely N-dealkylation sites (N-methyl/N-ethyl adjacent to an activating group) is 1. The molecule has 1 N–H and O–H groups in total. The summed E-state index contributed by atoms with van der Waals surface area (Å²) in [5, 5.41) is 8.41. The zero-order valence-electron chi connectivity index (χ0n) is 8.61. The molecule has 0 aliphatic carbocycles. The van der Waals surface area contributed by atoms with Crippen molar-refractivity contribution in [1.29, 1.82) is 0 Å². The molecular formula is C9H8F3NO4. The van der Waals surface area contributed by atoms with E-state index in [-0.39, 0.29) is 0 Å². The van der Waals surface area contributed by atoms with Crippen molar-refractivity contribution >= 4 is 11.9 Å². The standard InChI is InChI=1S/C9H8F3NO4/c1-13(4-7(14)15)8(16)5-2-3-6(17-5)9(10,11)12/h2-3H,4H2,1H3,(H,14,15). The molecule has 1 rings (SSSR count). The smallest absolute Gasteiger partial charge is 0.449 e. The molecule has 0 saturated carbocycles. The second kappa shape index (κ2) is 4.48. The molecule has 0 unspecified atom stereocenters. The quantitative estimate of drug-likeness (QED) is 0.882. The van der Waals surface area contributed by atoms with E-state index in [1.54, 1.807) is 0 Å². The Morgan fingerprint density at radius 3 is 2.41 bits per heavy atom. The summed E-state index contributed by atoms with van der Waals surface area (Å²) in [6.07, 6.45) is -4.68. The van der Waals surface area contributed by atoms with Gasteiger partial charge in [-0.25, -0.2) is 0 Å². The summed E-state index contributed by atoms with van der Waals surface area (Å²) in [5.74, 6) is -4.06. The van der Waals surface area contributed by atoms with Gasteiger partial charge in [0.15, 0.2) is 5.76 Å².